The van der Waals surface area contributed by atoms with E-state index in [0.717, 1.165) is 6.42 Å². The Bertz CT molecular complexity index is 1430. The van der Waals surface area contributed by atoms with Crippen molar-refractivity contribution in [3.63, 3.8) is 0 Å². The minimum atomic E-state index is -0.724. The normalized spacial score (nSPS) is 27.1. The molecule has 40 heavy (non-hydrogen) atoms. The van der Waals surface area contributed by atoms with Crippen LogP contribution in [0.4, 0.5) is 5.69 Å². The standard InChI is InChI=1S/C29H24N2O9/c32-23(15-3-7-18(8-4-15)40-29(36)16-1-5-17(6-2-16)31(37)38)14-39-24(33)11-12-30-27(34)25-19-9-10-20(22-13-21(19)22)26(25)28(30)35/h1-10,19-22,25-26H,11-14H2. The number of nitrogens with zero attached hydrogens (tertiary/aromatic N) is 2. The Morgan fingerprint density at radius 2 is 1.45 bits per heavy atom. The average molecular weight is 545 g/mol. The summed E-state index contributed by atoms with van der Waals surface area (Å²) in [4.78, 5) is 74.3. The number of non-ortho nitro benzene ring substituents is 1. The van der Waals surface area contributed by atoms with Crippen LogP contribution in [-0.2, 0) is 19.1 Å². The van der Waals surface area contributed by atoms with Crippen molar-refractivity contribution in [3.8, 4) is 5.75 Å². The predicted octanol–water partition coefficient (Wildman–Crippen LogP) is 2.98. The third kappa shape index (κ3) is 4.47. The lowest BCUT2D eigenvalue weighted by atomic mass is 9.63. The van der Waals surface area contributed by atoms with E-state index in [1.54, 1.807) is 0 Å². The van der Waals surface area contributed by atoms with E-state index in [-0.39, 0.29) is 71.0 Å². The van der Waals surface area contributed by atoms with Crippen LogP contribution in [0.5, 0.6) is 5.75 Å². The lowest BCUT2D eigenvalue weighted by Crippen LogP contribution is -2.40. The first-order valence-electron chi connectivity index (χ1n) is 13.0. The summed E-state index contributed by atoms with van der Waals surface area (Å²) in [5.41, 5.74) is 0.184. The number of carbonyl (C=O) groups is 5. The van der Waals surface area contributed by atoms with Crippen molar-refractivity contribution in [3.05, 3.63) is 81.9 Å². The molecule has 0 aromatic heterocycles. The molecule has 2 aromatic rings. The molecule has 1 aliphatic heterocycles. The van der Waals surface area contributed by atoms with Gasteiger partial charge in [-0.1, -0.05) is 12.2 Å². The Balaban J connectivity index is 0.968. The van der Waals surface area contributed by atoms with Crippen LogP contribution in [0.1, 0.15) is 33.6 Å². The highest BCUT2D eigenvalue weighted by atomic mass is 16.6. The molecular formula is C29H24N2O9. The molecule has 5 aliphatic rings. The number of esters is 2. The number of nitro benzene ring substituents is 1. The molecule has 2 saturated carbocycles. The summed E-state index contributed by atoms with van der Waals surface area (Å²) < 4.78 is 10.3. The van der Waals surface area contributed by atoms with Crippen molar-refractivity contribution < 1.29 is 38.4 Å². The highest BCUT2D eigenvalue weighted by molar-refractivity contribution is 6.06. The summed E-state index contributed by atoms with van der Waals surface area (Å²) in [6.07, 6.45) is 5.05. The molecule has 3 fully saturated rings. The van der Waals surface area contributed by atoms with Crippen molar-refractivity contribution in [2.24, 2.45) is 35.5 Å². The van der Waals surface area contributed by atoms with Crippen LogP contribution in [0.3, 0.4) is 0 Å². The van der Waals surface area contributed by atoms with Crippen LogP contribution in [0.2, 0.25) is 0 Å². The highest BCUT2D eigenvalue weighted by Crippen LogP contribution is 2.65. The number of amides is 2. The average Bonchev–Trinajstić information content (AvgIpc) is 3.74. The molecule has 11 nitrogen and oxygen atoms in total. The largest absolute Gasteiger partial charge is 0.457 e. The molecule has 2 bridgehead atoms. The number of imide groups is 1. The SMILES string of the molecule is O=C(CCN1C(=O)C2C3C=CC(C4CC34)C2C1=O)OCC(=O)c1ccc(OC(=O)c2ccc([N+](=O)[O-])cc2)cc1. The van der Waals surface area contributed by atoms with Crippen LogP contribution < -0.4 is 4.74 Å². The zero-order chi connectivity index (χ0) is 28.1. The Labute approximate surface area is 227 Å². The molecule has 0 N–H and O–H groups in total. The number of carbonyl (C=O) groups excluding carboxylic acids is 5. The van der Waals surface area contributed by atoms with Crippen LogP contribution in [0.15, 0.2) is 60.7 Å². The van der Waals surface area contributed by atoms with Crippen molar-refractivity contribution in [2.45, 2.75) is 12.8 Å². The van der Waals surface area contributed by atoms with E-state index in [4.69, 9.17) is 9.47 Å². The van der Waals surface area contributed by atoms with Gasteiger partial charge in [-0.2, -0.15) is 0 Å². The van der Waals surface area contributed by atoms with Gasteiger partial charge < -0.3 is 9.47 Å². The molecule has 11 heteroatoms. The molecule has 7 rings (SSSR count). The van der Waals surface area contributed by atoms with Gasteiger partial charge in [-0.3, -0.25) is 34.2 Å². The number of hydrogen-bond donors (Lipinski definition) is 0. The summed E-state index contributed by atoms with van der Waals surface area (Å²) in [5.74, 6) is -1.58. The van der Waals surface area contributed by atoms with E-state index in [2.05, 4.69) is 12.2 Å². The molecule has 6 unspecified atom stereocenters. The summed E-state index contributed by atoms with van der Waals surface area (Å²) >= 11 is 0. The molecule has 0 spiro atoms. The number of Topliss-reactive ketones (excluding diaryl/α,β-unsaturated/α-hetero) is 1. The van der Waals surface area contributed by atoms with Crippen molar-refractivity contribution in [2.75, 3.05) is 13.2 Å². The second kappa shape index (κ2) is 9.82. The fourth-order valence-corrected chi connectivity index (χ4v) is 6.34. The first-order chi connectivity index (χ1) is 19.2. The number of nitro groups is 1. The molecule has 2 aromatic carbocycles. The summed E-state index contributed by atoms with van der Waals surface area (Å²) in [5, 5.41) is 10.7. The number of benzene rings is 2. The number of ether oxygens (including phenoxy) is 2. The van der Waals surface area contributed by atoms with Gasteiger partial charge in [0, 0.05) is 24.2 Å². The van der Waals surface area contributed by atoms with Gasteiger partial charge in [0.05, 0.1) is 28.7 Å². The van der Waals surface area contributed by atoms with E-state index >= 15 is 0 Å². The summed E-state index contributed by atoms with van der Waals surface area (Å²) in [6.45, 7) is -0.591. The van der Waals surface area contributed by atoms with Crippen LogP contribution >= 0.6 is 0 Å². The number of likely N-dealkylation sites (tertiary alicyclic amines) is 1. The zero-order valence-electron chi connectivity index (χ0n) is 21.1. The topological polar surface area (TPSA) is 150 Å². The van der Waals surface area contributed by atoms with Crippen LogP contribution in [0.25, 0.3) is 0 Å². The second-order valence-corrected chi connectivity index (χ2v) is 10.5. The Morgan fingerprint density at radius 1 is 0.875 bits per heavy atom. The molecule has 1 heterocycles. The Hall–Kier alpha value is -4.67. The Kier molecular flexibility index (Phi) is 6.28. The van der Waals surface area contributed by atoms with Crippen LogP contribution in [-0.4, -0.2) is 52.5 Å². The quantitative estimate of drug-likeness (QED) is 0.0883. The molecule has 4 aliphatic carbocycles. The molecule has 0 radical (unpaired) electrons. The molecular weight excluding hydrogens is 520 g/mol. The third-order valence-corrected chi connectivity index (χ3v) is 8.36. The van der Waals surface area contributed by atoms with Gasteiger partial charge in [-0.05, 0) is 66.5 Å². The Morgan fingerprint density at radius 3 is 2.02 bits per heavy atom. The van der Waals surface area contributed by atoms with Gasteiger partial charge in [-0.15, -0.1) is 0 Å². The van der Waals surface area contributed by atoms with Gasteiger partial charge in [0.2, 0.25) is 11.8 Å². The van der Waals surface area contributed by atoms with E-state index < -0.39 is 29.3 Å². The van der Waals surface area contributed by atoms with Gasteiger partial charge in [-0.25, -0.2) is 4.79 Å². The van der Waals surface area contributed by atoms with Gasteiger partial charge >= 0.3 is 11.9 Å². The lowest BCUT2D eigenvalue weighted by Gasteiger charge is -2.37. The first kappa shape index (κ1) is 25.6. The number of ketones is 1. The first-order valence-corrected chi connectivity index (χ1v) is 13.0. The van der Waals surface area contributed by atoms with Gasteiger partial charge in [0.25, 0.3) is 5.69 Å². The maximum Gasteiger partial charge on any atom is 0.343 e. The lowest BCUT2D eigenvalue weighted by molar-refractivity contribution is -0.384. The monoisotopic (exact) mass is 544 g/mol. The van der Waals surface area contributed by atoms with E-state index in [1.807, 2.05) is 0 Å². The summed E-state index contributed by atoms with van der Waals surface area (Å²) in [6, 6.07) is 10.5. The van der Waals surface area contributed by atoms with E-state index in [9.17, 15) is 34.1 Å². The maximum atomic E-state index is 13.0. The van der Waals surface area contributed by atoms with E-state index in [1.165, 1.54) is 53.4 Å². The number of hydrogen-bond acceptors (Lipinski definition) is 9. The highest BCUT2D eigenvalue weighted by Gasteiger charge is 2.66. The zero-order valence-corrected chi connectivity index (χ0v) is 21.1. The summed E-state index contributed by atoms with van der Waals surface area (Å²) in [7, 11) is 0. The van der Waals surface area contributed by atoms with Crippen molar-refractivity contribution in [1.29, 1.82) is 0 Å². The fraction of sp³-hybridized carbons (Fsp3) is 0.345. The fourth-order valence-electron chi connectivity index (χ4n) is 6.34. The third-order valence-electron chi connectivity index (χ3n) is 8.36. The second-order valence-electron chi connectivity index (χ2n) is 10.5. The minimum absolute atomic E-state index is 0.0682. The molecule has 2 amide bonds. The molecule has 204 valence electrons. The molecule has 6 atom stereocenters. The van der Waals surface area contributed by atoms with Gasteiger partial charge in [0.1, 0.15) is 5.75 Å². The van der Waals surface area contributed by atoms with E-state index in [0.29, 0.717) is 11.8 Å². The van der Waals surface area contributed by atoms with Crippen molar-refractivity contribution in [1.82, 2.24) is 4.90 Å². The van der Waals surface area contributed by atoms with Crippen molar-refractivity contribution >= 4 is 35.2 Å². The smallest absolute Gasteiger partial charge is 0.343 e. The molecule has 1 saturated heterocycles. The maximum absolute atomic E-state index is 13.0. The van der Waals surface area contributed by atoms with Crippen LogP contribution in [0, 0.1) is 45.6 Å². The number of allylic oxidation sites excluding steroid dienone is 2. The van der Waals surface area contributed by atoms with Gasteiger partial charge in [0.15, 0.2) is 12.4 Å². The predicted molar refractivity (Wildman–Crippen MR) is 136 cm³/mol. The number of rotatable bonds is 9. The minimum Gasteiger partial charge on any atom is -0.457 e.